The Morgan fingerprint density at radius 2 is 2.09 bits per heavy atom. The van der Waals surface area contributed by atoms with Gasteiger partial charge in [-0.15, -0.1) is 0 Å². The van der Waals surface area contributed by atoms with Crippen LogP contribution in [-0.4, -0.2) is 22.0 Å². The van der Waals surface area contributed by atoms with E-state index in [1.807, 2.05) is 25.2 Å². The molecule has 0 aliphatic heterocycles. The Balaban J connectivity index is 1.65. The smallest absolute Gasteiger partial charge is 0.113 e. The largest absolute Gasteiger partial charge is 0.342 e. The molecule has 0 spiro atoms. The quantitative estimate of drug-likeness (QED) is 0.779. The number of rotatable bonds is 3. The number of H-pyrrole nitrogens is 1. The Morgan fingerprint density at radius 3 is 2.95 bits per heavy atom. The summed E-state index contributed by atoms with van der Waals surface area (Å²) in [5.74, 6) is 0.977. The summed E-state index contributed by atoms with van der Waals surface area (Å²) in [5, 5.41) is 3.39. The number of fused-ring (bicyclic) bond motifs is 2. The summed E-state index contributed by atoms with van der Waals surface area (Å²) in [7, 11) is 2.02. The lowest BCUT2D eigenvalue weighted by Crippen LogP contribution is -2.23. The first-order valence-electron chi connectivity index (χ1n) is 7.93. The first-order valence-corrected chi connectivity index (χ1v) is 7.93. The molecule has 2 N–H and O–H groups in total. The predicted octanol–water partition coefficient (Wildman–Crippen LogP) is 3.15. The molecule has 0 radical (unpaired) electrons. The number of hydrogen-bond acceptors (Lipinski definition) is 3. The zero-order valence-electron chi connectivity index (χ0n) is 12.8. The van der Waals surface area contributed by atoms with E-state index in [4.69, 9.17) is 4.98 Å². The molecule has 0 saturated carbocycles. The lowest BCUT2D eigenvalue weighted by Gasteiger charge is -2.24. The van der Waals surface area contributed by atoms with Gasteiger partial charge in [0.2, 0.25) is 0 Å². The summed E-state index contributed by atoms with van der Waals surface area (Å²) in [5.41, 5.74) is 5.80. The minimum atomic E-state index is 0.388. The van der Waals surface area contributed by atoms with Crippen molar-refractivity contribution < 1.29 is 0 Å². The van der Waals surface area contributed by atoms with Crippen LogP contribution in [0.3, 0.4) is 0 Å². The van der Waals surface area contributed by atoms with E-state index in [0.717, 1.165) is 35.4 Å². The number of hydrogen-bond donors (Lipinski definition) is 2. The maximum Gasteiger partial charge on any atom is 0.113 e. The zero-order valence-corrected chi connectivity index (χ0v) is 12.8. The molecular weight excluding hydrogens is 272 g/mol. The second kappa shape index (κ2) is 5.54. The van der Waals surface area contributed by atoms with Gasteiger partial charge in [0.25, 0.3) is 0 Å². The normalized spacial score (nSPS) is 17.6. The van der Waals surface area contributed by atoms with Crippen LogP contribution in [0.4, 0.5) is 0 Å². The van der Waals surface area contributed by atoms with Crippen LogP contribution in [0.5, 0.6) is 0 Å². The van der Waals surface area contributed by atoms with E-state index in [1.54, 1.807) is 0 Å². The third-order valence-electron chi connectivity index (χ3n) is 4.47. The van der Waals surface area contributed by atoms with Gasteiger partial charge in [-0.05, 0) is 50.1 Å². The molecule has 1 aliphatic carbocycles. The van der Waals surface area contributed by atoms with E-state index < -0.39 is 0 Å². The molecule has 0 fully saturated rings. The first-order chi connectivity index (χ1) is 10.8. The molecule has 4 rings (SSSR count). The van der Waals surface area contributed by atoms with Gasteiger partial charge in [0, 0.05) is 18.2 Å². The summed E-state index contributed by atoms with van der Waals surface area (Å²) >= 11 is 0. The molecule has 1 aromatic carbocycles. The summed E-state index contributed by atoms with van der Waals surface area (Å²) in [6.45, 7) is 0. The van der Waals surface area contributed by atoms with Crippen LogP contribution in [0.2, 0.25) is 0 Å². The topological polar surface area (TPSA) is 53.6 Å². The van der Waals surface area contributed by atoms with Crippen LogP contribution in [0.25, 0.3) is 11.0 Å². The number of nitrogens with zero attached hydrogens (tertiary/aromatic N) is 2. The van der Waals surface area contributed by atoms with Gasteiger partial charge in [-0.25, -0.2) is 4.98 Å². The average molecular weight is 292 g/mol. The molecule has 1 aliphatic rings. The minimum Gasteiger partial charge on any atom is -0.342 e. The predicted molar refractivity (Wildman–Crippen MR) is 87.9 cm³/mol. The fourth-order valence-electron chi connectivity index (χ4n) is 3.33. The number of para-hydroxylation sites is 2. The van der Waals surface area contributed by atoms with Gasteiger partial charge in [0.1, 0.15) is 5.82 Å². The Morgan fingerprint density at radius 1 is 1.18 bits per heavy atom. The van der Waals surface area contributed by atoms with Crippen molar-refractivity contribution in [3.63, 3.8) is 0 Å². The van der Waals surface area contributed by atoms with Gasteiger partial charge >= 0.3 is 0 Å². The van der Waals surface area contributed by atoms with E-state index in [2.05, 4.69) is 33.5 Å². The zero-order chi connectivity index (χ0) is 14.9. The van der Waals surface area contributed by atoms with Gasteiger partial charge in [-0.1, -0.05) is 18.2 Å². The lowest BCUT2D eigenvalue weighted by atomic mass is 9.91. The third-order valence-corrected chi connectivity index (χ3v) is 4.47. The van der Waals surface area contributed by atoms with Crippen molar-refractivity contribution >= 4 is 11.0 Å². The van der Waals surface area contributed by atoms with E-state index >= 15 is 0 Å². The van der Waals surface area contributed by atoms with Crippen LogP contribution in [0.15, 0.2) is 36.4 Å². The molecule has 3 aromatic rings. The third kappa shape index (κ3) is 2.40. The van der Waals surface area contributed by atoms with Crippen molar-refractivity contribution in [2.24, 2.45) is 0 Å². The molecule has 1 atom stereocenters. The highest BCUT2D eigenvalue weighted by molar-refractivity contribution is 5.74. The molecule has 0 saturated heterocycles. The number of nitrogens with one attached hydrogen (secondary N) is 2. The van der Waals surface area contributed by atoms with Crippen molar-refractivity contribution in [3.05, 3.63) is 59.2 Å². The highest BCUT2D eigenvalue weighted by Crippen LogP contribution is 2.28. The molecule has 1 unspecified atom stereocenters. The van der Waals surface area contributed by atoms with Crippen molar-refractivity contribution in [2.45, 2.75) is 31.7 Å². The monoisotopic (exact) mass is 292 g/mol. The van der Waals surface area contributed by atoms with Crippen molar-refractivity contribution in [1.29, 1.82) is 0 Å². The summed E-state index contributed by atoms with van der Waals surface area (Å²) in [6, 6.07) is 12.9. The van der Waals surface area contributed by atoms with E-state index in [-0.39, 0.29) is 0 Å². The van der Waals surface area contributed by atoms with Crippen LogP contribution in [0.1, 0.15) is 41.7 Å². The average Bonchev–Trinajstić information content (AvgIpc) is 2.96. The van der Waals surface area contributed by atoms with Crippen molar-refractivity contribution in [1.82, 2.24) is 20.3 Å². The Bertz CT molecular complexity index is 773. The molecule has 4 nitrogen and oxygen atoms in total. The van der Waals surface area contributed by atoms with E-state index in [0.29, 0.717) is 6.04 Å². The summed E-state index contributed by atoms with van der Waals surface area (Å²) < 4.78 is 0. The van der Waals surface area contributed by atoms with Gasteiger partial charge in [-0.2, -0.15) is 0 Å². The summed E-state index contributed by atoms with van der Waals surface area (Å²) in [4.78, 5) is 12.9. The molecule has 2 heterocycles. The maximum absolute atomic E-state index is 4.91. The number of benzene rings is 1. The number of aromatic amines is 1. The number of pyridine rings is 1. The number of imidazole rings is 1. The second-order valence-electron chi connectivity index (χ2n) is 5.96. The molecule has 2 aromatic heterocycles. The minimum absolute atomic E-state index is 0.388. The Hall–Kier alpha value is -2.20. The number of aryl methyl sites for hydroxylation is 1. The first kappa shape index (κ1) is 13.5. The molecule has 0 bridgehead atoms. The fourth-order valence-corrected chi connectivity index (χ4v) is 3.33. The van der Waals surface area contributed by atoms with E-state index in [9.17, 15) is 0 Å². The molecular formula is C18H20N4. The SMILES string of the molecule is CNC1CCCc2ccc(Cc3nc4ccccc4[nH]3)nc21. The van der Waals surface area contributed by atoms with E-state index in [1.165, 1.54) is 24.1 Å². The van der Waals surface area contributed by atoms with Gasteiger partial charge < -0.3 is 10.3 Å². The maximum atomic E-state index is 4.91. The highest BCUT2D eigenvalue weighted by atomic mass is 14.9. The Labute approximate surface area is 130 Å². The van der Waals surface area contributed by atoms with Crippen molar-refractivity contribution in [2.75, 3.05) is 7.05 Å². The molecule has 22 heavy (non-hydrogen) atoms. The molecule has 0 amide bonds. The van der Waals surface area contributed by atoms with Gasteiger partial charge in [-0.3, -0.25) is 4.98 Å². The van der Waals surface area contributed by atoms with Crippen LogP contribution in [0, 0.1) is 0 Å². The number of aromatic nitrogens is 3. The van der Waals surface area contributed by atoms with Gasteiger partial charge in [0.05, 0.1) is 16.7 Å². The Kier molecular flexibility index (Phi) is 3.39. The summed E-state index contributed by atoms with van der Waals surface area (Å²) in [6.07, 6.45) is 4.30. The van der Waals surface area contributed by atoms with Gasteiger partial charge in [0.15, 0.2) is 0 Å². The highest BCUT2D eigenvalue weighted by Gasteiger charge is 2.20. The second-order valence-corrected chi connectivity index (χ2v) is 5.96. The van der Waals surface area contributed by atoms with Crippen LogP contribution in [-0.2, 0) is 12.8 Å². The van der Waals surface area contributed by atoms with Crippen LogP contribution < -0.4 is 5.32 Å². The fraction of sp³-hybridized carbons (Fsp3) is 0.333. The molecule has 112 valence electrons. The molecule has 4 heteroatoms. The van der Waals surface area contributed by atoms with Crippen molar-refractivity contribution in [3.8, 4) is 0 Å². The lowest BCUT2D eigenvalue weighted by molar-refractivity contribution is 0.481. The van der Waals surface area contributed by atoms with Crippen LogP contribution >= 0.6 is 0 Å². The standard InChI is InChI=1S/C18H20N4/c1-19-16-8-4-5-12-9-10-13(20-18(12)16)11-17-21-14-6-2-3-7-15(14)22-17/h2-3,6-7,9-10,16,19H,4-5,8,11H2,1H3,(H,21,22).